The van der Waals surface area contributed by atoms with Crippen molar-refractivity contribution >= 4 is 21.8 Å². The summed E-state index contributed by atoms with van der Waals surface area (Å²) in [5, 5.41) is 0. The summed E-state index contributed by atoms with van der Waals surface area (Å²) >= 11 is 3.48. The molecule has 0 radical (unpaired) electrons. The summed E-state index contributed by atoms with van der Waals surface area (Å²) in [4.78, 5) is 13.9. The lowest BCUT2D eigenvalue weighted by molar-refractivity contribution is -0.128. The number of rotatable bonds is 4. The van der Waals surface area contributed by atoms with E-state index in [1.54, 1.807) is 7.11 Å². The largest absolute Gasteiger partial charge is 0.496 e. The zero-order valence-corrected chi connectivity index (χ0v) is 13.2. The second-order valence-electron chi connectivity index (χ2n) is 5.45. The Morgan fingerprint density at radius 1 is 1.47 bits per heavy atom. The summed E-state index contributed by atoms with van der Waals surface area (Å²) in [7, 11) is 1.65. The molecule has 1 aliphatic heterocycles. The fourth-order valence-corrected chi connectivity index (χ4v) is 3.02. The van der Waals surface area contributed by atoms with E-state index in [-0.39, 0.29) is 5.91 Å². The Kier molecular flexibility index (Phi) is 4.50. The van der Waals surface area contributed by atoms with E-state index in [4.69, 9.17) is 4.74 Å². The van der Waals surface area contributed by atoms with Gasteiger partial charge in [-0.1, -0.05) is 19.9 Å². The zero-order chi connectivity index (χ0) is 14.0. The van der Waals surface area contributed by atoms with Gasteiger partial charge in [0.15, 0.2) is 0 Å². The van der Waals surface area contributed by atoms with Crippen LogP contribution in [0.2, 0.25) is 0 Å². The Bertz CT molecular complexity index is 473. The van der Waals surface area contributed by atoms with E-state index >= 15 is 0 Å². The van der Waals surface area contributed by atoms with Gasteiger partial charge in [0, 0.05) is 19.5 Å². The van der Waals surface area contributed by atoms with E-state index in [9.17, 15) is 4.79 Å². The van der Waals surface area contributed by atoms with Crippen molar-refractivity contribution in [1.82, 2.24) is 4.90 Å². The number of halogens is 1. The van der Waals surface area contributed by atoms with Gasteiger partial charge in [-0.15, -0.1) is 0 Å². The third-order valence-electron chi connectivity index (χ3n) is 3.78. The maximum absolute atomic E-state index is 12.0. The summed E-state index contributed by atoms with van der Waals surface area (Å²) < 4.78 is 6.14. The molecule has 1 saturated heterocycles. The number of likely N-dealkylation sites (tertiary alicyclic amines) is 1. The second kappa shape index (κ2) is 5.95. The lowest BCUT2D eigenvalue weighted by atomic mass is 9.95. The lowest BCUT2D eigenvalue weighted by Gasteiger charge is -2.18. The summed E-state index contributed by atoms with van der Waals surface area (Å²) in [5.74, 6) is 2.15. The maximum Gasteiger partial charge on any atom is 0.223 e. The molecule has 0 aromatic heterocycles. The van der Waals surface area contributed by atoms with Crippen molar-refractivity contribution in [2.75, 3.05) is 13.7 Å². The molecule has 1 fully saturated rings. The Balaban J connectivity index is 2.05. The Labute approximate surface area is 123 Å². The first-order valence-electron chi connectivity index (χ1n) is 6.61. The van der Waals surface area contributed by atoms with Crippen LogP contribution in [0.4, 0.5) is 0 Å². The average Bonchev–Trinajstić information content (AvgIpc) is 2.71. The van der Waals surface area contributed by atoms with Crippen LogP contribution in [0.1, 0.15) is 25.8 Å². The predicted octanol–water partition coefficient (Wildman–Crippen LogP) is 3.46. The highest BCUT2D eigenvalue weighted by molar-refractivity contribution is 9.10. The van der Waals surface area contributed by atoms with Gasteiger partial charge in [0.2, 0.25) is 5.91 Å². The van der Waals surface area contributed by atoms with Gasteiger partial charge < -0.3 is 9.64 Å². The van der Waals surface area contributed by atoms with E-state index in [1.807, 2.05) is 23.1 Å². The number of carbonyl (C=O) groups is 1. The summed E-state index contributed by atoms with van der Waals surface area (Å²) in [6.07, 6.45) is 0.689. The summed E-state index contributed by atoms with van der Waals surface area (Å²) in [6, 6.07) is 5.97. The van der Waals surface area contributed by atoms with Gasteiger partial charge in [-0.3, -0.25) is 4.79 Å². The molecule has 0 spiro atoms. The fraction of sp³-hybridized carbons (Fsp3) is 0.533. The van der Waals surface area contributed by atoms with Gasteiger partial charge >= 0.3 is 0 Å². The molecule has 19 heavy (non-hydrogen) atoms. The number of nitrogens with zero attached hydrogens (tertiary/aromatic N) is 1. The molecule has 1 aromatic rings. The molecule has 1 heterocycles. The molecule has 1 aliphatic rings. The quantitative estimate of drug-likeness (QED) is 0.848. The zero-order valence-electron chi connectivity index (χ0n) is 11.6. The fourth-order valence-electron chi connectivity index (χ4n) is 2.43. The molecular formula is C15H20BrNO2. The highest BCUT2D eigenvalue weighted by Crippen LogP contribution is 2.29. The van der Waals surface area contributed by atoms with Gasteiger partial charge in [-0.2, -0.15) is 0 Å². The van der Waals surface area contributed by atoms with Crippen molar-refractivity contribution in [3.8, 4) is 5.75 Å². The third-order valence-corrected chi connectivity index (χ3v) is 4.40. The molecule has 1 amide bonds. The topological polar surface area (TPSA) is 29.5 Å². The molecule has 4 heteroatoms. The van der Waals surface area contributed by atoms with Crippen molar-refractivity contribution in [1.29, 1.82) is 0 Å². The molecule has 0 aliphatic carbocycles. The number of hydrogen-bond donors (Lipinski definition) is 0. The molecule has 2 rings (SSSR count). The van der Waals surface area contributed by atoms with Crippen LogP contribution >= 0.6 is 15.9 Å². The van der Waals surface area contributed by atoms with Crippen LogP contribution in [-0.2, 0) is 11.3 Å². The lowest BCUT2D eigenvalue weighted by Crippen LogP contribution is -2.25. The van der Waals surface area contributed by atoms with Gasteiger partial charge in [0.05, 0.1) is 11.6 Å². The van der Waals surface area contributed by atoms with E-state index in [1.165, 1.54) is 0 Å². The molecule has 1 atom stereocenters. The van der Waals surface area contributed by atoms with Gasteiger partial charge in [0.25, 0.3) is 0 Å². The monoisotopic (exact) mass is 325 g/mol. The highest BCUT2D eigenvalue weighted by Gasteiger charge is 2.31. The van der Waals surface area contributed by atoms with E-state index < -0.39 is 0 Å². The number of hydrogen-bond acceptors (Lipinski definition) is 2. The van der Waals surface area contributed by atoms with Crippen LogP contribution in [0.3, 0.4) is 0 Å². The highest BCUT2D eigenvalue weighted by atomic mass is 79.9. The van der Waals surface area contributed by atoms with Crippen LogP contribution in [0.15, 0.2) is 22.7 Å². The van der Waals surface area contributed by atoms with E-state index in [0.29, 0.717) is 24.8 Å². The van der Waals surface area contributed by atoms with Crippen molar-refractivity contribution in [2.45, 2.75) is 26.8 Å². The first-order valence-corrected chi connectivity index (χ1v) is 7.40. The minimum absolute atomic E-state index is 0.269. The Morgan fingerprint density at radius 2 is 2.21 bits per heavy atom. The number of amides is 1. The van der Waals surface area contributed by atoms with Crippen LogP contribution in [0.25, 0.3) is 0 Å². The van der Waals surface area contributed by atoms with Crippen LogP contribution in [0.5, 0.6) is 5.75 Å². The molecule has 0 saturated carbocycles. The molecule has 3 nitrogen and oxygen atoms in total. The molecule has 0 bridgehead atoms. The second-order valence-corrected chi connectivity index (χ2v) is 6.31. The third kappa shape index (κ3) is 3.30. The normalized spacial score (nSPS) is 19.3. The van der Waals surface area contributed by atoms with Crippen molar-refractivity contribution in [2.24, 2.45) is 11.8 Å². The number of ether oxygens (including phenoxy) is 1. The number of methoxy groups -OCH3 is 1. The average molecular weight is 326 g/mol. The van der Waals surface area contributed by atoms with Crippen LogP contribution in [-0.4, -0.2) is 24.5 Å². The first-order chi connectivity index (χ1) is 9.01. The summed E-state index contributed by atoms with van der Waals surface area (Å²) in [5.41, 5.74) is 1.13. The van der Waals surface area contributed by atoms with E-state index in [0.717, 1.165) is 22.3 Å². The Morgan fingerprint density at radius 3 is 2.74 bits per heavy atom. The minimum Gasteiger partial charge on any atom is -0.496 e. The van der Waals surface area contributed by atoms with Crippen LogP contribution < -0.4 is 4.74 Å². The molecular weight excluding hydrogens is 306 g/mol. The number of benzene rings is 1. The van der Waals surface area contributed by atoms with Gasteiger partial charge in [0.1, 0.15) is 5.75 Å². The standard InChI is InChI=1S/C15H20BrNO2/c1-10(2)12-7-15(18)17(9-12)8-11-4-5-14(19-3)13(16)6-11/h4-6,10,12H,7-9H2,1-3H3. The minimum atomic E-state index is 0.269. The maximum atomic E-state index is 12.0. The van der Waals surface area contributed by atoms with Gasteiger partial charge in [-0.25, -0.2) is 0 Å². The molecule has 1 unspecified atom stereocenters. The first kappa shape index (κ1) is 14.4. The van der Waals surface area contributed by atoms with Crippen molar-refractivity contribution < 1.29 is 9.53 Å². The molecule has 0 N–H and O–H groups in total. The van der Waals surface area contributed by atoms with Crippen LogP contribution in [0, 0.1) is 11.8 Å². The van der Waals surface area contributed by atoms with E-state index in [2.05, 4.69) is 29.8 Å². The molecule has 104 valence electrons. The summed E-state index contributed by atoms with van der Waals surface area (Å²) in [6.45, 7) is 5.93. The SMILES string of the molecule is COc1ccc(CN2CC(C(C)C)CC2=O)cc1Br. The van der Waals surface area contributed by atoms with Crippen molar-refractivity contribution in [3.05, 3.63) is 28.2 Å². The smallest absolute Gasteiger partial charge is 0.223 e. The van der Waals surface area contributed by atoms with Crippen molar-refractivity contribution in [3.63, 3.8) is 0 Å². The molecule has 1 aromatic carbocycles. The predicted molar refractivity (Wildman–Crippen MR) is 79.1 cm³/mol. The number of carbonyl (C=O) groups excluding carboxylic acids is 1. The van der Waals surface area contributed by atoms with Gasteiger partial charge in [-0.05, 0) is 45.5 Å². The Hall–Kier alpha value is -1.03.